The smallest absolute Gasteiger partial charge is 0.341 e. The first-order valence-corrected chi connectivity index (χ1v) is 9.48. The van der Waals surface area contributed by atoms with Gasteiger partial charge in [-0.2, -0.15) is 0 Å². The summed E-state index contributed by atoms with van der Waals surface area (Å²) < 4.78 is 5.17. The van der Waals surface area contributed by atoms with Crippen LogP contribution in [0, 0.1) is 11.3 Å². The Bertz CT molecular complexity index is 742. The maximum absolute atomic E-state index is 12.4. The van der Waals surface area contributed by atoms with Crippen LogP contribution in [0.15, 0.2) is 12.2 Å². The molecule has 1 aromatic heterocycles. The molecule has 0 saturated carbocycles. The fourth-order valence-corrected chi connectivity index (χ4v) is 4.45. The van der Waals surface area contributed by atoms with Crippen molar-refractivity contribution < 1.29 is 24.2 Å². The molecule has 2 N–H and O–H groups in total. The summed E-state index contributed by atoms with van der Waals surface area (Å²) in [4.78, 5) is 36.1. The van der Waals surface area contributed by atoms with E-state index >= 15 is 0 Å². The topological polar surface area (TPSA) is 92.7 Å². The molecule has 0 aromatic carbocycles. The number of hydrogen-bond acceptors (Lipinski definition) is 5. The summed E-state index contributed by atoms with van der Waals surface area (Å²) in [6.45, 7) is 8.62. The Labute approximate surface area is 157 Å². The number of carbonyl (C=O) groups is 3. The largest absolute Gasteiger partial charge is 0.478 e. The maximum atomic E-state index is 12.4. The Balaban J connectivity index is 2.35. The van der Waals surface area contributed by atoms with E-state index < -0.39 is 17.8 Å². The molecule has 0 bridgehead atoms. The molecule has 7 heteroatoms. The molecule has 0 radical (unpaired) electrons. The summed E-state index contributed by atoms with van der Waals surface area (Å²) in [5.74, 6) is -1.73. The fraction of sp³-hybridized carbons (Fsp3) is 0.526. The molecule has 1 aliphatic rings. The van der Waals surface area contributed by atoms with Gasteiger partial charge in [0, 0.05) is 17.0 Å². The summed E-state index contributed by atoms with van der Waals surface area (Å²) in [7, 11) is 0. The molecule has 1 amide bonds. The average Bonchev–Trinajstić information content (AvgIpc) is 2.89. The van der Waals surface area contributed by atoms with Crippen molar-refractivity contribution in [3.63, 3.8) is 0 Å². The van der Waals surface area contributed by atoms with Gasteiger partial charge in [-0.1, -0.05) is 20.8 Å². The summed E-state index contributed by atoms with van der Waals surface area (Å²) in [6, 6.07) is 0. The Morgan fingerprint density at radius 3 is 2.58 bits per heavy atom. The second-order valence-corrected chi connectivity index (χ2v) is 8.50. The van der Waals surface area contributed by atoms with Gasteiger partial charge >= 0.3 is 11.9 Å². The molecule has 0 fully saturated rings. The second-order valence-electron chi connectivity index (χ2n) is 7.39. The van der Waals surface area contributed by atoms with Crippen molar-refractivity contribution >= 4 is 34.2 Å². The molecule has 6 nitrogen and oxygen atoms in total. The number of aliphatic carboxylic acids is 1. The van der Waals surface area contributed by atoms with Crippen LogP contribution in [0.4, 0.5) is 5.00 Å². The van der Waals surface area contributed by atoms with Gasteiger partial charge in [-0.25, -0.2) is 9.59 Å². The molecule has 1 aliphatic carbocycles. The van der Waals surface area contributed by atoms with Gasteiger partial charge in [-0.15, -0.1) is 11.3 Å². The molecule has 142 valence electrons. The van der Waals surface area contributed by atoms with Crippen molar-refractivity contribution in [3.8, 4) is 0 Å². The zero-order valence-corrected chi connectivity index (χ0v) is 16.4. The van der Waals surface area contributed by atoms with E-state index in [4.69, 9.17) is 9.84 Å². The van der Waals surface area contributed by atoms with Crippen LogP contribution in [0.3, 0.4) is 0 Å². The van der Waals surface area contributed by atoms with Crippen LogP contribution in [0.1, 0.15) is 54.9 Å². The first-order valence-electron chi connectivity index (χ1n) is 8.67. The minimum atomic E-state index is -1.20. The number of carbonyl (C=O) groups excluding carboxylic acids is 2. The number of esters is 1. The number of amides is 1. The van der Waals surface area contributed by atoms with Crippen molar-refractivity contribution in [3.05, 3.63) is 28.2 Å². The van der Waals surface area contributed by atoms with Crippen molar-refractivity contribution in [2.45, 2.75) is 47.0 Å². The molecule has 1 heterocycles. The number of carboxylic acid groups (broad SMARTS) is 1. The molecular weight excluding hydrogens is 354 g/mol. The van der Waals surface area contributed by atoms with E-state index in [9.17, 15) is 14.4 Å². The molecular formula is C19H25NO5S. The molecule has 0 saturated heterocycles. The van der Waals surface area contributed by atoms with E-state index in [2.05, 4.69) is 26.1 Å². The number of fused-ring (bicyclic) bond motifs is 1. The summed E-state index contributed by atoms with van der Waals surface area (Å²) in [6.07, 6.45) is 4.31. The van der Waals surface area contributed by atoms with Gasteiger partial charge in [0.2, 0.25) is 5.91 Å². The van der Waals surface area contributed by atoms with Crippen LogP contribution in [0.5, 0.6) is 0 Å². The number of ether oxygens (including phenoxy) is 1. The Morgan fingerprint density at radius 1 is 1.31 bits per heavy atom. The summed E-state index contributed by atoms with van der Waals surface area (Å²) in [5.41, 5.74) is 1.53. The molecule has 0 spiro atoms. The Kier molecular flexibility index (Phi) is 6.23. The van der Waals surface area contributed by atoms with E-state index in [1.807, 2.05) is 0 Å². The van der Waals surface area contributed by atoms with Crippen LogP contribution in [0.2, 0.25) is 0 Å². The number of thiophene rings is 1. The molecule has 1 atom stereocenters. The lowest BCUT2D eigenvalue weighted by Crippen LogP contribution is -2.26. The lowest BCUT2D eigenvalue weighted by atomic mass is 9.72. The van der Waals surface area contributed by atoms with Gasteiger partial charge in [0.1, 0.15) is 5.00 Å². The average molecular weight is 379 g/mol. The van der Waals surface area contributed by atoms with Crippen LogP contribution in [0.25, 0.3) is 0 Å². The Hall–Kier alpha value is -2.15. The molecule has 2 rings (SSSR count). The molecule has 0 aliphatic heterocycles. The number of nitrogens with one attached hydrogen (secondary N) is 1. The number of carboxylic acids is 1. The van der Waals surface area contributed by atoms with Gasteiger partial charge in [0.25, 0.3) is 0 Å². The van der Waals surface area contributed by atoms with E-state index in [0.717, 1.165) is 41.9 Å². The minimum Gasteiger partial charge on any atom is -0.478 e. The molecule has 0 unspecified atom stereocenters. The lowest BCUT2D eigenvalue weighted by molar-refractivity contribution is -0.131. The fourth-order valence-electron chi connectivity index (χ4n) is 3.13. The first-order chi connectivity index (χ1) is 12.1. The highest BCUT2D eigenvalue weighted by Crippen LogP contribution is 2.44. The third-order valence-corrected chi connectivity index (χ3v) is 5.75. The normalized spacial score (nSPS) is 17.0. The zero-order valence-electron chi connectivity index (χ0n) is 15.5. The predicted molar refractivity (Wildman–Crippen MR) is 101 cm³/mol. The van der Waals surface area contributed by atoms with Crippen LogP contribution in [-0.4, -0.2) is 29.6 Å². The van der Waals surface area contributed by atoms with E-state index in [1.165, 1.54) is 11.3 Å². The van der Waals surface area contributed by atoms with Crippen molar-refractivity contribution in [1.82, 2.24) is 0 Å². The third kappa shape index (κ3) is 4.72. The van der Waals surface area contributed by atoms with Crippen LogP contribution in [-0.2, 0) is 27.2 Å². The van der Waals surface area contributed by atoms with Crippen LogP contribution < -0.4 is 5.32 Å². The number of rotatable bonds is 5. The third-order valence-electron chi connectivity index (χ3n) is 4.58. The van der Waals surface area contributed by atoms with Gasteiger partial charge in [0.05, 0.1) is 12.2 Å². The zero-order chi connectivity index (χ0) is 19.5. The quantitative estimate of drug-likeness (QED) is 0.602. The van der Waals surface area contributed by atoms with Gasteiger partial charge < -0.3 is 15.2 Å². The van der Waals surface area contributed by atoms with Crippen molar-refractivity contribution in [1.29, 1.82) is 0 Å². The van der Waals surface area contributed by atoms with Crippen molar-refractivity contribution in [2.75, 3.05) is 11.9 Å². The molecule has 1 aromatic rings. The van der Waals surface area contributed by atoms with E-state index in [0.29, 0.717) is 16.5 Å². The maximum Gasteiger partial charge on any atom is 0.341 e. The monoisotopic (exact) mass is 379 g/mol. The summed E-state index contributed by atoms with van der Waals surface area (Å²) >= 11 is 1.38. The summed E-state index contributed by atoms with van der Waals surface area (Å²) in [5, 5.41) is 11.7. The SMILES string of the molecule is CCOC(=O)c1c(NC(=O)C=CC(=O)O)sc2c1CC[C@@H](C(C)(C)C)C2. The van der Waals surface area contributed by atoms with Gasteiger partial charge in [-0.3, -0.25) is 4.79 Å². The van der Waals surface area contributed by atoms with Gasteiger partial charge in [0.15, 0.2) is 0 Å². The second kappa shape index (κ2) is 8.03. The number of anilines is 1. The highest BCUT2D eigenvalue weighted by molar-refractivity contribution is 7.17. The molecule has 26 heavy (non-hydrogen) atoms. The van der Waals surface area contributed by atoms with E-state index in [-0.39, 0.29) is 12.0 Å². The van der Waals surface area contributed by atoms with E-state index in [1.54, 1.807) is 6.92 Å². The lowest BCUT2D eigenvalue weighted by Gasteiger charge is -2.33. The minimum absolute atomic E-state index is 0.166. The first kappa shape index (κ1) is 20.2. The van der Waals surface area contributed by atoms with Crippen molar-refractivity contribution in [2.24, 2.45) is 11.3 Å². The van der Waals surface area contributed by atoms with Gasteiger partial charge in [-0.05, 0) is 43.1 Å². The standard InChI is InChI=1S/C19H25NO5S/c1-5-25-18(24)16-12-7-6-11(19(2,3)4)10-13(12)26-17(16)20-14(21)8-9-15(22)23/h8-9,11H,5-7,10H2,1-4H3,(H,20,21)(H,22,23)/t11-/m1/s1. The Morgan fingerprint density at radius 2 is 2.00 bits per heavy atom. The van der Waals surface area contributed by atoms with Crippen LogP contribution >= 0.6 is 11.3 Å². The highest BCUT2D eigenvalue weighted by Gasteiger charge is 2.34. The highest BCUT2D eigenvalue weighted by atomic mass is 32.1. The number of hydrogen-bond donors (Lipinski definition) is 2. The predicted octanol–water partition coefficient (Wildman–Crippen LogP) is 3.66.